The van der Waals surface area contributed by atoms with Crippen LogP contribution in [-0.4, -0.2) is 67.5 Å². The highest BCUT2D eigenvalue weighted by atomic mass is 32.2. The van der Waals surface area contributed by atoms with Gasteiger partial charge in [0.2, 0.25) is 10.0 Å². The Labute approximate surface area is 200 Å². The Morgan fingerprint density at radius 3 is 2.68 bits per heavy atom. The summed E-state index contributed by atoms with van der Waals surface area (Å²) in [6, 6.07) is 9.96. The Bertz CT molecular complexity index is 1170. The first kappa shape index (κ1) is 25.9. The van der Waals surface area contributed by atoms with E-state index in [1.807, 2.05) is 26.0 Å². The first-order valence-corrected chi connectivity index (χ1v) is 12.6. The summed E-state index contributed by atoms with van der Waals surface area (Å²) in [5, 5.41) is 9.73. The molecule has 0 fully saturated rings. The normalized spacial score (nSPS) is 21.2. The summed E-state index contributed by atoms with van der Waals surface area (Å²) in [7, 11) is -2.38. The number of sulfonamides is 1. The number of allylic oxidation sites excluding steroid dienone is 1. The van der Waals surface area contributed by atoms with E-state index in [2.05, 4.69) is 0 Å². The number of likely N-dealkylation sites (N-methyl/N-ethyl adjacent to an activating group) is 1. The van der Waals surface area contributed by atoms with Crippen molar-refractivity contribution in [1.82, 2.24) is 9.21 Å². The smallest absolute Gasteiger partial charge is 0.256 e. The first-order valence-electron chi connectivity index (χ1n) is 11.2. The third-order valence-corrected chi connectivity index (χ3v) is 7.97. The van der Waals surface area contributed by atoms with Crippen molar-refractivity contribution >= 4 is 22.0 Å². The summed E-state index contributed by atoms with van der Waals surface area (Å²) in [5.41, 5.74) is 0.721. The van der Waals surface area contributed by atoms with E-state index in [1.54, 1.807) is 32.2 Å². The molecule has 0 spiro atoms. The number of amides is 1. The number of aliphatic hydroxyl groups excluding tert-OH is 1. The molecule has 1 aliphatic rings. The van der Waals surface area contributed by atoms with Crippen LogP contribution in [0.5, 0.6) is 5.75 Å². The van der Waals surface area contributed by atoms with Crippen LogP contribution < -0.4 is 4.74 Å². The first-order chi connectivity index (χ1) is 16.1. The molecule has 9 heteroatoms. The zero-order valence-electron chi connectivity index (χ0n) is 19.8. The van der Waals surface area contributed by atoms with Crippen LogP contribution in [-0.2, 0) is 10.0 Å². The predicted octanol–water partition coefficient (Wildman–Crippen LogP) is 3.40. The summed E-state index contributed by atoms with van der Waals surface area (Å²) in [5.74, 6) is -1.26. The second kappa shape index (κ2) is 10.7. The largest absolute Gasteiger partial charge is 0.487 e. The number of aliphatic hydroxyl groups is 1. The highest BCUT2D eigenvalue weighted by molar-refractivity contribution is 7.89. The SMILES string of the molecule is C/C=C/c1ccc2c(c1)O[C@H](CN(C)C(=O)c1ccccc1F)[C@H](C)CN([C@H](C)CO)S2(=O)=O. The summed E-state index contributed by atoms with van der Waals surface area (Å²) in [4.78, 5) is 14.3. The molecule has 34 heavy (non-hydrogen) atoms. The topological polar surface area (TPSA) is 87.2 Å². The van der Waals surface area contributed by atoms with E-state index >= 15 is 0 Å². The number of fused-ring (bicyclic) bond motifs is 1. The lowest BCUT2D eigenvalue weighted by Gasteiger charge is -2.37. The highest BCUT2D eigenvalue weighted by Gasteiger charge is 2.38. The molecule has 0 bridgehead atoms. The quantitative estimate of drug-likeness (QED) is 0.671. The minimum Gasteiger partial charge on any atom is -0.487 e. The number of halogens is 1. The van der Waals surface area contributed by atoms with Crippen LogP contribution in [0.4, 0.5) is 4.39 Å². The lowest BCUT2D eigenvalue weighted by Crippen LogP contribution is -2.50. The predicted molar refractivity (Wildman–Crippen MR) is 129 cm³/mol. The van der Waals surface area contributed by atoms with Crippen molar-refractivity contribution in [2.75, 3.05) is 26.7 Å². The number of hydrogen-bond acceptors (Lipinski definition) is 5. The molecule has 3 rings (SSSR count). The van der Waals surface area contributed by atoms with Crippen LogP contribution in [0.1, 0.15) is 36.7 Å². The van der Waals surface area contributed by atoms with Gasteiger partial charge in [-0.3, -0.25) is 4.79 Å². The molecule has 1 aliphatic heterocycles. The molecule has 0 saturated carbocycles. The van der Waals surface area contributed by atoms with Gasteiger partial charge in [-0.05, 0) is 43.7 Å². The van der Waals surface area contributed by atoms with Crippen LogP contribution in [0.3, 0.4) is 0 Å². The molecule has 1 amide bonds. The van der Waals surface area contributed by atoms with Crippen LogP contribution in [0.15, 0.2) is 53.4 Å². The van der Waals surface area contributed by atoms with Gasteiger partial charge >= 0.3 is 0 Å². The molecule has 2 aromatic rings. The van der Waals surface area contributed by atoms with Gasteiger partial charge in [0, 0.05) is 25.6 Å². The van der Waals surface area contributed by atoms with Crippen molar-refractivity contribution in [2.24, 2.45) is 5.92 Å². The van der Waals surface area contributed by atoms with Gasteiger partial charge in [0.1, 0.15) is 22.6 Å². The third-order valence-electron chi connectivity index (χ3n) is 5.96. The summed E-state index contributed by atoms with van der Waals surface area (Å²) in [6.45, 7) is 5.20. The molecule has 3 atom stereocenters. The Hall–Kier alpha value is -2.75. The van der Waals surface area contributed by atoms with Gasteiger partial charge in [-0.15, -0.1) is 0 Å². The fourth-order valence-corrected chi connectivity index (χ4v) is 5.78. The average molecular weight is 491 g/mol. The van der Waals surface area contributed by atoms with Gasteiger partial charge in [-0.2, -0.15) is 4.31 Å². The number of nitrogens with zero attached hydrogens (tertiary/aromatic N) is 2. The Morgan fingerprint density at radius 2 is 2.03 bits per heavy atom. The maximum atomic E-state index is 14.2. The van der Waals surface area contributed by atoms with Crippen molar-refractivity contribution in [1.29, 1.82) is 0 Å². The number of benzene rings is 2. The van der Waals surface area contributed by atoms with Gasteiger partial charge in [0.25, 0.3) is 5.91 Å². The average Bonchev–Trinajstić information content (AvgIpc) is 2.80. The highest BCUT2D eigenvalue weighted by Crippen LogP contribution is 2.34. The molecule has 0 unspecified atom stereocenters. The van der Waals surface area contributed by atoms with E-state index in [1.165, 1.54) is 33.5 Å². The molecular formula is C25H31FN2O5S. The van der Waals surface area contributed by atoms with Crippen LogP contribution >= 0.6 is 0 Å². The standard InChI is InChI=1S/C25H31FN2O5S/c1-5-8-19-11-12-24-22(13-19)33-23(17(2)14-28(18(3)16-29)34(24,31)32)15-27(4)25(30)20-9-6-7-10-21(20)26/h5-13,17-18,23,29H,14-16H2,1-4H3/b8-5+/t17-,18-,23-/m1/s1. The molecule has 7 nitrogen and oxygen atoms in total. The molecule has 184 valence electrons. The van der Waals surface area contributed by atoms with Gasteiger partial charge in [0.15, 0.2) is 0 Å². The minimum absolute atomic E-state index is 0.000960. The Balaban J connectivity index is 2.01. The molecule has 1 heterocycles. The summed E-state index contributed by atoms with van der Waals surface area (Å²) >= 11 is 0. The summed E-state index contributed by atoms with van der Waals surface area (Å²) in [6.07, 6.45) is 3.08. The second-order valence-electron chi connectivity index (χ2n) is 8.61. The zero-order chi connectivity index (χ0) is 25.0. The lowest BCUT2D eigenvalue weighted by molar-refractivity contribution is 0.0560. The maximum absolute atomic E-state index is 14.2. The Morgan fingerprint density at radius 1 is 1.32 bits per heavy atom. The molecule has 0 aromatic heterocycles. The van der Waals surface area contributed by atoms with E-state index in [-0.39, 0.29) is 41.8 Å². The summed E-state index contributed by atoms with van der Waals surface area (Å²) < 4.78 is 48.6. The van der Waals surface area contributed by atoms with E-state index < -0.39 is 33.9 Å². The fraction of sp³-hybridized carbons (Fsp3) is 0.400. The monoisotopic (exact) mass is 490 g/mol. The number of carbonyl (C=O) groups is 1. The van der Waals surface area contributed by atoms with Crippen LogP contribution in [0, 0.1) is 11.7 Å². The van der Waals surface area contributed by atoms with Crippen molar-refractivity contribution in [3.05, 3.63) is 65.5 Å². The molecular weight excluding hydrogens is 459 g/mol. The Kier molecular flexibility index (Phi) is 8.12. The maximum Gasteiger partial charge on any atom is 0.256 e. The fourth-order valence-electron chi connectivity index (χ4n) is 3.95. The van der Waals surface area contributed by atoms with Gasteiger partial charge in [-0.25, -0.2) is 12.8 Å². The number of ether oxygens (including phenoxy) is 1. The van der Waals surface area contributed by atoms with Crippen molar-refractivity contribution in [3.63, 3.8) is 0 Å². The number of hydrogen-bond donors (Lipinski definition) is 1. The van der Waals surface area contributed by atoms with Crippen molar-refractivity contribution in [3.8, 4) is 5.75 Å². The van der Waals surface area contributed by atoms with Crippen molar-refractivity contribution < 1.29 is 27.4 Å². The van der Waals surface area contributed by atoms with Gasteiger partial charge in [0.05, 0.1) is 18.7 Å². The van der Waals surface area contributed by atoms with Crippen molar-refractivity contribution in [2.45, 2.75) is 37.8 Å². The van der Waals surface area contributed by atoms with E-state index in [9.17, 15) is 22.7 Å². The number of carbonyl (C=O) groups excluding carboxylic acids is 1. The third kappa shape index (κ3) is 5.32. The number of rotatable bonds is 6. The molecule has 1 N–H and O–H groups in total. The zero-order valence-corrected chi connectivity index (χ0v) is 20.6. The molecule has 0 radical (unpaired) electrons. The van der Waals surface area contributed by atoms with Gasteiger partial charge < -0.3 is 14.7 Å². The van der Waals surface area contributed by atoms with E-state index in [0.717, 1.165) is 5.56 Å². The molecule has 0 aliphatic carbocycles. The molecule has 2 aromatic carbocycles. The van der Waals surface area contributed by atoms with Gasteiger partial charge in [-0.1, -0.05) is 37.3 Å². The van der Waals surface area contributed by atoms with Crippen LogP contribution in [0.2, 0.25) is 0 Å². The second-order valence-corrected chi connectivity index (χ2v) is 10.5. The van der Waals surface area contributed by atoms with Crippen LogP contribution in [0.25, 0.3) is 6.08 Å². The minimum atomic E-state index is -3.94. The molecule has 0 saturated heterocycles. The van der Waals surface area contributed by atoms with E-state index in [0.29, 0.717) is 0 Å². The van der Waals surface area contributed by atoms with E-state index in [4.69, 9.17) is 4.74 Å². The lowest BCUT2D eigenvalue weighted by atomic mass is 10.0.